The van der Waals surface area contributed by atoms with Gasteiger partial charge in [-0.25, -0.2) is 0 Å². The molecule has 1 aromatic rings. The normalized spacial score (nSPS) is 21.0. The van der Waals surface area contributed by atoms with Gasteiger partial charge in [-0.1, -0.05) is 11.6 Å². The zero-order valence-corrected chi connectivity index (χ0v) is 9.35. The summed E-state index contributed by atoms with van der Waals surface area (Å²) in [6.45, 7) is 1.51. The van der Waals surface area contributed by atoms with Crippen LogP contribution in [0.5, 0.6) is 0 Å². The molecule has 0 amide bonds. The van der Waals surface area contributed by atoms with Gasteiger partial charge < -0.3 is 9.84 Å². The molecule has 0 radical (unpaired) electrons. The second kappa shape index (κ2) is 4.62. The molecule has 0 aliphatic carbocycles. The third-order valence-electron chi connectivity index (χ3n) is 2.63. The summed E-state index contributed by atoms with van der Waals surface area (Å²) in [7, 11) is 0. The van der Waals surface area contributed by atoms with Gasteiger partial charge in [-0.05, 0) is 30.2 Å². The number of rotatable bonds is 2. The highest BCUT2D eigenvalue weighted by molar-refractivity contribution is 7.10. The van der Waals surface area contributed by atoms with Crippen LogP contribution in [0.3, 0.4) is 0 Å². The summed E-state index contributed by atoms with van der Waals surface area (Å²) in [6, 6.07) is 1.84. The molecule has 4 heteroatoms. The molecule has 1 aliphatic rings. The van der Waals surface area contributed by atoms with Crippen LogP contribution in [-0.4, -0.2) is 18.3 Å². The highest BCUT2D eigenvalue weighted by atomic mass is 35.5. The molecule has 1 saturated heterocycles. The van der Waals surface area contributed by atoms with E-state index < -0.39 is 6.10 Å². The monoisotopic (exact) mass is 232 g/mol. The fourth-order valence-corrected chi connectivity index (χ4v) is 3.01. The molecule has 0 saturated carbocycles. The van der Waals surface area contributed by atoms with Gasteiger partial charge >= 0.3 is 0 Å². The molecule has 14 heavy (non-hydrogen) atoms. The Hall–Kier alpha value is -0.0900. The van der Waals surface area contributed by atoms with Gasteiger partial charge in [-0.15, -0.1) is 11.3 Å². The van der Waals surface area contributed by atoms with E-state index in [1.54, 1.807) is 0 Å². The number of halogens is 1. The van der Waals surface area contributed by atoms with Crippen molar-refractivity contribution < 1.29 is 9.84 Å². The Morgan fingerprint density at radius 1 is 1.50 bits per heavy atom. The standard InChI is InChI=1S/C10H13ClO2S/c11-8-3-6-14-10(8)9(12)7-1-4-13-5-2-7/h3,6-7,9,12H,1-2,4-5H2. The number of hydrogen-bond acceptors (Lipinski definition) is 3. The molecule has 2 heterocycles. The van der Waals surface area contributed by atoms with E-state index in [0.29, 0.717) is 10.9 Å². The van der Waals surface area contributed by atoms with Gasteiger partial charge in [0.25, 0.3) is 0 Å². The van der Waals surface area contributed by atoms with E-state index in [1.165, 1.54) is 11.3 Å². The van der Waals surface area contributed by atoms with Gasteiger partial charge in [0.15, 0.2) is 0 Å². The third-order valence-corrected chi connectivity index (χ3v) is 4.06. The summed E-state index contributed by atoms with van der Waals surface area (Å²) in [5, 5.41) is 12.7. The van der Waals surface area contributed by atoms with Crippen LogP contribution in [0.2, 0.25) is 5.02 Å². The molecule has 1 unspecified atom stereocenters. The van der Waals surface area contributed by atoms with Crippen molar-refractivity contribution in [2.24, 2.45) is 5.92 Å². The topological polar surface area (TPSA) is 29.5 Å². The quantitative estimate of drug-likeness (QED) is 0.850. The summed E-state index contributed by atoms with van der Waals surface area (Å²) in [5.74, 6) is 0.305. The fourth-order valence-electron chi connectivity index (χ4n) is 1.76. The first-order chi connectivity index (χ1) is 6.79. The van der Waals surface area contributed by atoms with Crippen LogP contribution in [0, 0.1) is 5.92 Å². The van der Waals surface area contributed by atoms with Crippen LogP contribution >= 0.6 is 22.9 Å². The minimum atomic E-state index is -0.411. The van der Waals surface area contributed by atoms with Gasteiger partial charge in [0.2, 0.25) is 0 Å². The van der Waals surface area contributed by atoms with Gasteiger partial charge in [0.1, 0.15) is 0 Å². The molecule has 1 aromatic heterocycles. The SMILES string of the molecule is OC(c1sccc1Cl)C1CCOCC1. The Balaban J connectivity index is 2.07. The largest absolute Gasteiger partial charge is 0.387 e. The average Bonchev–Trinajstić information content (AvgIpc) is 2.65. The molecule has 1 aliphatic heterocycles. The lowest BCUT2D eigenvalue weighted by molar-refractivity contribution is 0.00857. The number of thiophene rings is 1. The average molecular weight is 233 g/mol. The highest BCUT2D eigenvalue weighted by Crippen LogP contribution is 2.36. The molecule has 0 spiro atoms. The van der Waals surface area contributed by atoms with Crippen LogP contribution in [0.25, 0.3) is 0 Å². The van der Waals surface area contributed by atoms with Crippen molar-refractivity contribution >= 4 is 22.9 Å². The van der Waals surface area contributed by atoms with Gasteiger partial charge in [-0.2, -0.15) is 0 Å². The summed E-state index contributed by atoms with van der Waals surface area (Å²) < 4.78 is 5.26. The van der Waals surface area contributed by atoms with E-state index in [9.17, 15) is 5.11 Å². The molecule has 2 rings (SSSR count). The first kappa shape index (κ1) is 10.4. The summed E-state index contributed by atoms with van der Waals surface area (Å²) in [5.41, 5.74) is 0. The molecule has 2 nitrogen and oxygen atoms in total. The van der Waals surface area contributed by atoms with Crippen molar-refractivity contribution in [2.45, 2.75) is 18.9 Å². The molecule has 0 aromatic carbocycles. The summed E-state index contributed by atoms with van der Waals surface area (Å²) in [4.78, 5) is 0.901. The van der Waals surface area contributed by atoms with Gasteiger partial charge in [0, 0.05) is 13.2 Å². The first-order valence-corrected chi connectivity index (χ1v) is 6.03. The van der Waals surface area contributed by atoms with Crippen LogP contribution < -0.4 is 0 Å². The summed E-state index contributed by atoms with van der Waals surface area (Å²) >= 11 is 7.50. The lowest BCUT2D eigenvalue weighted by Crippen LogP contribution is -2.21. The fraction of sp³-hybridized carbons (Fsp3) is 0.600. The Morgan fingerprint density at radius 3 is 2.79 bits per heavy atom. The minimum Gasteiger partial charge on any atom is -0.387 e. The molecule has 1 fully saturated rings. The van der Waals surface area contributed by atoms with E-state index in [1.807, 2.05) is 11.4 Å². The number of aliphatic hydroxyl groups is 1. The molecule has 78 valence electrons. The van der Waals surface area contributed by atoms with Crippen molar-refractivity contribution in [1.82, 2.24) is 0 Å². The lowest BCUT2D eigenvalue weighted by Gasteiger charge is -2.26. The molecule has 1 N–H and O–H groups in total. The number of ether oxygens (including phenoxy) is 1. The predicted octanol–water partition coefficient (Wildman–Crippen LogP) is 2.86. The van der Waals surface area contributed by atoms with Crippen molar-refractivity contribution in [2.75, 3.05) is 13.2 Å². The second-order valence-electron chi connectivity index (χ2n) is 3.53. The number of aliphatic hydroxyl groups excluding tert-OH is 1. The van der Waals surface area contributed by atoms with E-state index in [4.69, 9.17) is 16.3 Å². The van der Waals surface area contributed by atoms with Crippen molar-refractivity contribution in [1.29, 1.82) is 0 Å². The van der Waals surface area contributed by atoms with Crippen LogP contribution in [0.4, 0.5) is 0 Å². The van der Waals surface area contributed by atoms with Crippen molar-refractivity contribution in [3.05, 3.63) is 21.3 Å². The molecule has 0 bridgehead atoms. The molecule has 1 atom stereocenters. The predicted molar refractivity (Wildman–Crippen MR) is 57.8 cm³/mol. The summed E-state index contributed by atoms with van der Waals surface area (Å²) in [6.07, 6.45) is 1.44. The molecular formula is C10H13ClO2S. The van der Waals surface area contributed by atoms with Crippen LogP contribution in [-0.2, 0) is 4.74 Å². The molecular weight excluding hydrogens is 220 g/mol. The van der Waals surface area contributed by atoms with E-state index in [2.05, 4.69) is 0 Å². The maximum absolute atomic E-state index is 10.1. The van der Waals surface area contributed by atoms with Gasteiger partial charge in [-0.3, -0.25) is 0 Å². The minimum absolute atomic E-state index is 0.305. The van der Waals surface area contributed by atoms with Gasteiger partial charge in [0.05, 0.1) is 16.0 Å². The van der Waals surface area contributed by atoms with Crippen LogP contribution in [0.15, 0.2) is 11.4 Å². The van der Waals surface area contributed by atoms with Crippen molar-refractivity contribution in [3.8, 4) is 0 Å². The smallest absolute Gasteiger partial charge is 0.0926 e. The van der Waals surface area contributed by atoms with E-state index in [0.717, 1.165) is 30.9 Å². The van der Waals surface area contributed by atoms with Crippen LogP contribution in [0.1, 0.15) is 23.8 Å². The van der Waals surface area contributed by atoms with E-state index in [-0.39, 0.29) is 0 Å². The maximum Gasteiger partial charge on any atom is 0.0926 e. The second-order valence-corrected chi connectivity index (χ2v) is 4.88. The lowest BCUT2D eigenvalue weighted by atomic mass is 9.93. The zero-order chi connectivity index (χ0) is 9.97. The van der Waals surface area contributed by atoms with Crippen molar-refractivity contribution in [3.63, 3.8) is 0 Å². The Labute approximate surface area is 92.5 Å². The Morgan fingerprint density at radius 2 is 2.21 bits per heavy atom. The highest BCUT2D eigenvalue weighted by Gasteiger charge is 2.25. The first-order valence-electron chi connectivity index (χ1n) is 4.77. The van der Waals surface area contributed by atoms with E-state index >= 15 is 0 Å². The number of hydrogen-bond donors (Lipinski definition) is 1. The maximum atomic E-state index is 10.1. The Bertz CT molecular complexity index is 294. The third kappa shape index (κ3) is 2.11. The Kier molecular flexibility index (Phi) is 3.44. The zero-order valence-electron chi connectivity index (χ0n) is 7.78.